The summed E-state index contributed by atoms with van der Waals surface area (Å²) in [6, 6.07) is 2.53. The average molecular weight is 298 g/mol. The van der Waals surface area contributed by atoms with Crippen LogP contribution in [0.3, 0.4) is 0 Å². The Hall–Kier alpha value is -0.620. The van der Waals surface area contributed by atoms with Crippen molar-refractivity contribution in [1.82, 2.24) is 9.97 Å². The maximum atomic E-state index is 4.55. The third kappa shape index (κ3) is 3.92. The molecule has 19 heavy (non-hydrogen) atoms. The summed E-state index contributed by atoms with van der Waals surface area (Å²) >= 11 is 3.63. The molecule has 0 aromatic carbocycles. The summed E-state index contributed by atoms with van der Waals surface area (Å²) < 4.78 is 0. The van der Waals surface area contributed by atoms with Crippen molar-refractivity contribution >= 4 is 35.2 Å². The topological polar surface area (TPSA) is 49.8 Å². The van der Waals surface area contributed by atoms with Gasteiger partial charge in [0.05, 0.1) is 0 Å². The summed E-state index contributed by atoms with van der Waals surface area (Å²) in [4.78, 5) is 8.95. The number of rotatable bonds is 6. The Balaban J connectivity index is 2.09. The van der Waals surface area contributed by atoms with Crippen molar-refractivity contribution in [3.05, 3.63) is 6.07 Å². The maximum absolute atomic E-state index is 4.55. The number of nitrogens with zero attached hydrogens (tertiary/aromatic N) is 2. The van der Waals surface area contributed by atoms with Gasteiger partial charge < -0.3 is 10.6 Å². The molecule has 2 atom stereocenters. The zero-order chi connectivity index (χ0) is 13.7. The van der Waals surface area contributed by atoms with Crippen LogP contribution in [-0.2, 0) is 0 Å². The van der Waals surface area contributed by atoms with E-state index in [0.29, 0.717) is 6.04 Å². The minimum Gasteiger partial charge on any atom is -0.373 e. The number of aromatic nitrogens is 2. The molecule has 1 saturated carbocycles. The number of anilines is 2. The van der Waals surface area contributed by atoms with Gasteiger partial charge in [0.1, 0.15) is 11.6 Å². The van der Waals surface area contributed by atoms with Crippen LogP contribution in [0.15, 0.2) is 11.2 Å². The van der Waals surface area contributed by atoms with Crippen LogP contribution in [0.5, 0.6) is 0 Å². The van der Waals surface area contributed by atoms with Crippen LogP contribution in [0.2, 0.25) is 0 Å². The Labute approximate surface area is 123 Å². The van der Waals surface area contributed by atoms with Crippen molar-refractivity contribution in [1.29, 1.82) is 0 Å². The largest absolute Gasteiger partial charge is 0.373 e. The van der Waals surface area contributed by atoms with Crippen molar-refractivity contribution in [2.45, 2.75) is 42.6 Å². The second kappa shape index (κ2) is 7.24. The van der Waals surface area contributed by atoms with Crippen molar-refractivity contribution in [3.8, 4) is 0 Å². The van der Waals surface area contributed by atoms with Gasteiger partial charge in [-0.2, -0.15) is 11.8 Å². The molecule has 2 rings (SSSR count). The fourth-order valence-electron chi connectivity index (χ4n) is 2.41. The molecule has 106 valence electrons. The van der Waals surface area contributed by atoms with Crippen LogP contribution in [0.4, 0.5) is 11.6 Å². The molecular weight excluding hydrogens is 276 g/mol. The summed E-state index contributed by atoms with van der Waals surface area (Å²) in [5, 5.41) is 8.22. The van der Waals surface area contributed by atoms with Gasteiger partial charge >= 0.3 is 0 Å². The molecule has 1 aromatic heterocycles. The standard InChI is InChI=1S/C13H22N4S2/c1-4-19-10-7-5-6-9(10)15-12-8-11(14-2)16-13(17-12)18-3/h8-10H,4-7H2,1-3H3,(H2,14,15,16,17). The molecule has 0 radical (unpaired) electrons. The first-order chi connectivity index (χ1) is 9.26. The quantitative estimate of drug-likeness (QED) is 0.620. The minimum atomic E-state index is 0.541. The molecule has 1 aliphatic rings. The van der Waals surface area contributed by atoms with Gasteiger partial charge in [0.2, 0.25) is 0 Å². The number of nitrogens with one attached hydrogen (secondary N) is 2. The van der Waals surface area contributed by atoms with Gasteiger partial charge in [-0.3, -0.25) is 0 Å². The summed E-state index contributed by atoms with van der Waals surface area (Å²) in [5.74, 6) is 3.00. The molecule has 0 amide bonds. The molecule has 4 nitrogen and oxygen atoms in total. The fraction of sp³-hybridized carbons (Fsp3) is 0.692. The van der Waals surface area contributed by atoms with E-state index in [1.807, 2.05) is 19.4 Å². The van der Waals surface area contributed by atoms with Crippen LogP contribution in [-0.4, -0.2) is 40.3 Å². The average Bonchev–Trinajstić information content (AvgIpc) is 2.86. The van der Waals surface area contributed by atoms with Crippen molar-refractivity contribution in [2.24, 2.45) is 0 Å². The number of thioether (sulfide) groups is 2. The Morgan fingerprint density at radius 3 is 2.79 bits per heavy atom. The monoisotopic (exact) mass is 298 g/mol. The van der Waals surface area contributed by atoms with Crippen molar-refractivity contribution in [2.75, 3.05) is 29.7 Å². The summed E-state index contributed by atoms with van der Waals surface area (Å²) in [6.45, 7) is 2.23. The molecular formula is C13H22N4S2. The highest BCUT2D eigenvalue weighted by molar-refractivity contribution is 7.99. The lowest BCUT2D eigenvalue weighted by Gasteiger charge is -2.21. The fourth-order valence-corrected chi connectivity index (χ4v) is 3.99. The second-order valence-electron chi connectivity index (χ2n) is 4.55. The molecule has 1 fully saturated rings. The lowest BCUT2D eigenvalue weighted by molar-refractivity contribution is 0.757. The zero-order valence-electron chi connectivity index (χ0n) is 11.8. The second-order valence-corrected chi connectivity index (χ2v) is 6.84. The molecule has 0 aliphatic heterocycles. The summed E-state index contributed by atoms with van der Waals surface area (Å²) in [6.07, 6.45) is 5.87. The van der Waals surface area contributed by atoms with Gasteiger partial charge in [-0.1, -0.05) is 25.1 Å². The first-order valence-corrected chi connectivity index (χ1v) is 9.03. The third-order valence-electron chi connectivity index (χ3n) is 3.31. The molecule has 0 bridgehead atoms. The number of hydrogen-bond donors (Lipinski definition) is 2. The van der Waals surface area contributed by atoms with E-state index < -0.39 is 0 Å². The maximum Gasteiger partial charge on any atom is 0.191 e. The first-order valence-electron chi connectivity index (χ1n) is 6.75. The summed E-state index contributed by atoms with van der Waals surface area (Å²) in [5.41, 5.74) is 0. The Morgan fingerprint density at radius 1 is 1.32 bits per heavy atom. The van der Waals surface area contributed by atoms with E-state index in [1.54, 1.807) is 11.8 Å². The Bertz CT molecular complexity index is 391. The molecule has 1 heterocycles. The van der Waals surface area contributed by atoms with Crippen LogP contribution >= 0.6 is 23.5 Å². The van der Waals surface area contributed by atoms with E-state index in [9.17, 15) is 0 Å². The predicted molar refractivity (Wildman–Crippen MR) is 86.5 cm³/mol. The minimum absolute atomic E-state index is 0.541. The van der Waals surface area contributed by atoms with Gasteiger partial charge in [-0.05, 0) is 24.9 Å². The third-order valence-corrected chi connectivity index (χ3v) is 5.18. The lowest BCUT2D eigenvalue weighted by atomic mass is 10.2. The van der Waals surface area contributed by atoms with Crippen LogP contribution < -0.4 is 10.6 Å². The predicted octanol–water partition coefficient (Wildman–Crippen LogP) is 3.33. The van der Waals surface area contributed by atoms with Gasteiger partial charge in [0.25, 0.3) is 0 Å². The molecule has 1 aromatic rings. The van der Waals surface area contributed by atoms with E-state index in [1.165, 1.54) is 25.0 Å². The molecule has 0 spiro atoms. The van der Waals surface area contributed by atoms with E-state index in [-0.39, 0.29) is 0 Å². The smallest absolute Gasteiger partial charge is 0.191 e. The normalized spacial score (nSPS) is 22.5. The van der Waals surface area contributed by atoms with Crippen LogP contribution in [0.25, 0.3) is 0 Å². The SMILES string of the molecule is CCSC1CCCC1Nc1cc(NC)nc(SC)n1. The van der Waals surface area contributed by atoms with E-state index >= 15 is 0 Å². The molecule has 0 saturated heterocycles. The Kier molecular flexibility index (Phi) is 5.63. The highest BCUT2D eigenvalue weighted by Gasteiger charge is 2.27. The Morgan fingerprint density at radius 2 is 2.11 bits per heavy atom. The van der Waals surface area contributed by atoms with E-state index in [4.69, 9.17) is 0 Å². The number of hydrogen-bond acceptors (Lipinski definition) is 6. The molecule has 2 N–H and O–H groups in total. The summed E-state index contributed by atoms with van der Waals surface area (Å²) in [7, 11) is 1.89. The van der Waals surface area contributed by atoms with Gasteiger partial charge in [0, 0.05) is 24.4 Å². The molecule has 1 aliphatic carbocycles. The molecule has 6 heteroatoms. The zero-order valence-corrected chi connectivity index (χ0v) is 13.4. The lowest BCUT2D eigenvalue weighted by Crippen LogP contribution is -2.26. The van der Waals surface area contributed by atoms with Gasteiger partial charge in [0.15, 0.2) is 5.16 Å². The highest BCUT2D eigenvalue weighted by Crippen LogP contribution is 2.32. The first kappa shape index (κ1) is 14.8. The van der Waals surface area contributed by atoms with Crippen LogP contribution in [0, 0.1) is 0 Å². The van der Waals surface area contributed by atoms with E-state index in [0.717, 1.165) is 22.0 Å². The van der Waals surface area contributed by atoms with Gasteiger partial charge in [-0.25, -0.2) is 9.97 Å². The molecule has 2 unspecified atom stereocenters. The highest BCUT2D eigenvalue weighted by atomic mass is 32.2. The van der Waals surface area contributed by atoms with Crippen molar-refractivity contribution < 1.29 is 0 Å². The van der Waals surface area contributed by atoms with Crippen molar-refractivity contribution in [3.63, 3.8) is 0 Å². The van der Waals surface area contributed by atoms with Crippen LogP contribution in [0.1, 0.15) is 26.2 Å². The van der Waals surface area contributed by atoms with Gasteiger partial charge in [-0.15, -0.1) is 0 Å². The van der Waals surface area contributed by atoms with E-state index in [2.05, 4.69) is 39.3 Å².